The number of nitrogens with zero attached hydrogens (tertiary/aromatic N) is 1. The number of piperidine rings is 1. The molecule has 1 saturated carbocycles. The predicted molar refractivity (Wildman–Crippen MR) is 71.2 cm³/mol. The number of thiophene rings is 1. The number of hydrogen-bond acceptors (Lipinski definition) is 3. The van der Waals surface area contributed by atoms with E-state index >= 15 is 0 Å². The molecule has 2 heterocycles. The van der Waals surface area contributed by atoms with Crippen LogP contribution in [0.15, 0.2) is 29.5 Å². The van der Waals surface area contributed by atoms with Gasteiger partial charge in [-0.05, 0) is 41.1 Å². The lowest BCUT2D eigenvalue weighted by Gasteiger charge is -2.26. The molecule has 92 valence electrons. The first-order chi connectivity index (χ1) is 8.38. The van der Waals surface area contributed by atoms with Gasteiger partial charge >= 0.3 is 0 Å². The predicted octanol–water partition coefficient (Wildman–Crippen LogP) is 2.91. The summed E-state index contributed by atoms with van der Waals surface area (Å²) in [4.78, 5) is 2.60. The van der Waals surface area contributed by atoms with Gasteiger partial charge < -0.3 is 4.74 Å². The fourth-order valence-electron chi connectivity index (χ4n) is 3.27. The normalized spacial score (nSPS) is 32.1. The quantitative estimate of drug-likeness (QED) is 0.744. The van der Waals surface area contributed by atoms with E-state index in [-0.39, 0.29) is 0 Å². The zero-order valence-electron chi connectivity index (χ0n) is 10.0. The van der Waals surface area contributed by atoms with Gasteiger partial charge in [0, 0.05) is 19.1 Å². The fourth-order valence-corrected chi connectivity index (χ4v) is 3.93. The number of fused-ring (bicyclic) bond motifs is 2. The van der Waals surface area contributed by atoms with Gasteiger partial charge in [-0.25, -0.2) is 0 Å². The molecule has 2 aliphatic rings. The smallest absolute Gasteiger partial charge is 0.0774 e. The maximum atomic E-state index is 5.93. The molecule has 1 saturated heterocycles. The molecule has 3 heteroatoms. The van der Waals surface area contributed by atoms with Crippen molar-refractivity contribution in [1.82, 2.24) is 4.90 Å². The van der Waals surface area contributed by atoms with E-state index in [1.807, 2.05) is 6.08 Å². The van der Waals surface area contributed by atoms with Gasteiger partial charge in [0.25, 0.3) is 0 Å². The van der Waals surface area contributed by atoms with Crippen LogP contribution in [0, 0.1) is 5.92 Å². The standard InChI is InChI=1S/C14H19NOS/c1-2-6-16-14-12-3-4-13(14)15(9-12)8-11-5-7-17-10-11/h2,5,7,10,12-14H,1,3-4,6,8-9H2/t12-,13+,14+/m0/s1. The molecule has 1 aliphatic heterocycles. The van der Waals surface area contributed by atoms with Crippen molar-refractivity contribution in [2.45, 2.75) is 31.5 Å². The first-order valence-corrected chi connectivity index (χ1v) is 7.30. The Hall–Kier alpha value is -0.640. The molecule has 0 N–H and O–H groups in total. The van der Waals surface area contributed by atoms with E-state index in [1.165, 1.54) is 24.9 Å². The fraction of sp³-hybridized carbons (Fsp3) is 0.571. The lowest BCUT2D eigenvalue weighted by molar-refractivity contribution is 0.0446. The molecular formula is C14H19NOS. The lowest BCUT2D eigenvalue weighted by atomic mass is 10.1. The first kappa shape index (κ1) is 11.5. The third-order valence-corrected chi connectivity index (χ3v) is 4.72. The van der Waals surface area contributed by atoms with Crippen LogP contribution in [0.4, 0.5) is 0 Å². The summed E-state index contributed by atoms with van der Waals surface area (Å²) in [5.41, 5.74) is 1.45. The molecule has 1 aromatic rings. The van der Waals surface area contributed by atoms with E-state index in [0.29, 0.717) is 18.8 Å². The van der Waals surface area contributed by atoms with E-state index in [1.54, 1.807) is 11.3 Å². The zero-order valence-corrected chi connectivity index (χ0v) is 10.9. The molecule has 2 bridgehead atoms. The van der Waals surface area contributed by atoms with Gasteiger partial charge in [-0.2, -0.15) is 11.3 Å². The van der Waals surface area contributed by atoms with Crippen molar-refractivity contribution >= 4 is 11.3 Å². The molecule has 0 unspecified atom stereocenters. The highest BCUT2D eigenvalue weighted by Crippen LogP contribution is 2.40. The Kier molecular flexibility index (Phi) is 3.32. The van der Waals surface area contributed by atoms with E-state index in [9.17, 15) is 0 Å². The van der Waals surface area contributed by atoms with Crippen LogP contribution in [0.3, 0.4) is 0 Å². The average molecular weight is 249 g/mol. The minimum absolute atomic E-state index is 0.451. The second-order valence-corrected chi connectivity index (χ2v) is 5.83. The van der Waals surface area contributed by atoms with Gasteiger partial charge in [0.15, 0.2) is 0 Å². The molecule has 17 heavy (non-hydrogen) atoms. The molecule has 1 aromatic heterocycles. The lowest BCUT2D eigenvalue weighted by Crippen LogP contribution is -2.34. The van der Waals surface area contributed by atoms with Crippen LogP contribution in [0.25, 0.3) is 0 Å². The minimum atomic E-state index is 0.451. The molecule has 3 atom stereocenters. The summed E-state index contributed by atoms with van der Waals surface area (Å²) in [7, 11) is 0. The van der Waals surface area contributed by atoms with E-state index in [4.69, 9.17) is 4.74 Å². The second kappa shape index (κ2) is 4.92. The van der Waals surface area contributed by atoms with Crippen molar-refractivity contribution in [2.24, 2.45) is 5.92 Å². The molecule has 2 fully saturated rings. The summed E-state index contributed by atoms with van der Waals surface area (Å²) < 4.78 is 5.93. The highest BCUT2D eigenvalue weighted by molar-refractivity contribution is 7.07. The Bertz CT molecular complexity index is 376. The van der Waals surface area contributed by atoms with Gasteiger partial charge in [-0.15, -0.1) is 6.58 Å². The Labute approximate surface area is 107 Å². The summed E-state index contributed by atoms with van der Waals surface area (Å²) in [6.07, 6.45) is 4.95. The van der Waals surface area contributed by atoms with Crippen LogP contribution in [-0.4, -0.2) is 30.2 Å². The van der Waals surface area contributed by atoms with Crippen molar-refractivity contribution in [3.8, 4) is 0 Å². The van der Waals surface area contributed by atoms with Gasteiger partial charge in [-0.3, -0.25) is 4.90 Å². The zero-order chi connectivity index (χ0) is 11.7. The number of rotatable bonds is 5. The molecule has 0 radical (unpaired) electrons. The van der Waals surface area contributed by atoms with Crippen LogP contribution in [0.5, 0.6) is 0 Å². The van der Waals surface area contributed by atoms with Crippen LogP contribution in [0.2, 0.25) is 0 Å². The van der Waals surface area contributed by atoms with Crippen LogP contribution < -0.4 is 0 Å². The summed E-state index contributed by atoms with van der Waals surface area (Å²) in [5, 5.41) is 4.42. The minimum Gasteiger partial charge on any atom is -0.372 e. The van der Waals surface area contributed by atoms with E-state index in [0.717, 1.165) is 12.5 Å². The molecule has 3 rings (SSSR count). The van der Waals surface area contributed by atoms with E-state index < -0.39 is 0 Å². The maximum absolute atomic E-state index is 5.93. The van der Waals surface area contributed by atoms with E-state index in [2.05, 4.69) is 28.3 Å². The summed E-state index contributed by atoms with van der Waals surface area (Å²) in [5.74, 6) is 0.749. The van der Waals surface area contributed by atoms with Crippen molar-refractivity contribution in [3.05, 3.63) is 35.0 Å². The van der Waals surface area contributed by atoms with Crippen molar-refractivity contribution < 1.29 is 4.74 Å². The first-order valence-electron chi connectivity index (χ1n) is 6.36. The monoisotopic (exact) mass is 249 g/mol. The van der Waals surface area contributed by atoms with Gasteiger partial charge in [0.05, 0.1) is 12.7 Å². The van der Waals surface area contributed by atoms with Gasteiger partial charge in [0.1, 0.15) is 0 Å². The molecule has 2 nitrogen and oxygen atoms in total. The highest BCUT2D eigenvalue weighted by Gasteiger charge is 2.47. The van der Waals surface area contributed by atoms with Crippen LogP contribution >= 0.6 is 11.3 Å². The SMILES string of the molecule is C=CCO[C@@H]1[C@H]2CC[C@H]1N(Cc1ccsc1)C2. The van der Waals surface area contributed by atoms with Crippen LogP contribution in [0.1, 0.15) is 18.4 Å². The van der Waals surface area contributed by atoms with Crippen LogP contribution in [-0.2, 0) is 11.3 Å². The number of hydrogen-bond donors (Lipinski definition) is 0. The summed E-state index contributed by atoms with van der Waals surface area (Å²) >= 11 is 1.79. The molecular weight excluding hydrogens is 230 g/mol. The molecule has 0 amide bonds. The second-order valence-electron chi connectivity index (χ2n) is 5.05. The number of likely N-dealkylation sites (tertiary alicyclic amines) is 1. The molecule has 0 aromatic carbocycles. The summed E-state index contributed by atoms with van der Waals surface area (Å²) in [6.45, 7) is 6.74. The Balaban J connectivity index is 1.63. The maximum Gasteiger partial charge on any atom is 0.0774 e. The summed E-state index contributed by atoms with van der Waals surface area (Å²) in [6, 6.07) is 2.87. The Morgan fingerprint density at radius 3 is 3.24 bits per heavy atom. The molecule has 1 aliphatic carbocycles. The number of ether oxygens (including phenoxy) is 1. The Morgan fingerprint density at radius 2 is 2.47 bits per heavy atom. The van der Waals surface area contributed by atoms with Gasteiger partial charge in [0.2, 0.25) is 0 Å². The molecule has 0 spiro atoms. The average Bonchev–Trinajstić information content (AvgIpc) is 3.02. The van der Waals surface area contributed by atoms with Crippen molar-refractivity contribution in [1.29, 1.82) is 0 Å². The third kappa shape index (κ3) is 2.19. The van der Waals surface area contributed by atoms with Gasteiger partial charge in [-0.1, -0.05) is 6.08 Å². The Morgan fingerprint density at radius 1 is 1.53 bits per heavy atom. The topological polar surface area (TPSA) is 12.5 Å². The third-order valence-electron chi connectivity index (χ3n) is 3.99. The van der Waals surface area contributed by atoms with Crippen molar-refractivity contribution in [3.63, 3.8) is 0 Å². The largest absolute Gasteiger partial charge is 0.372 e. The van der Waals surface area contributed by atoms with Crippen molar-refractivity contribution in [2.75, 3.05) is 13.2 Å². The highest BCUT2D eigenvalue weighted by atomic mass is 32.1.